The molecule has 3 aromatic rings. The van der Waals surface area contributed by atoms with Gasteiger partial charge in [-0.15, -0.1) is 0 Å². The molecule has 3 rings (SSSR count). The van der Waals surface area contributed by atoms with Crippen molar-refractivity contribution in [3.63, 3.8) is 0 Å². The summed E-state index contributed by atoms with van der Waals surface area (Å²) >= 11 is 0. The van der Waals surface area contributed by atoms with E-state index in [9.17, 15) is 24.5 Å². The molecule has 0 heterocycles. The van der Waals surface area contributed by atoms with Gasteiger partial charge in [-0.1, -0.05) is 74.5 Å². The van der Waals surface area contributed by atoms with Gasteiger partial charge < -0.3 is 20.7 Å². The van der Waals surface area contributed by atoms with Crippen molar-refractivity contribution in [3.8, 4) is 0 Å². The number of nitrogens with zero attached hydrogens (tertiary/aromatic N) is 1. The second kappa shape index (κ2) is 14.3. The van der Waals surface area contributed by atoms with Crippen LogP contribution < -0.4 is 16.0 Å². The number of rotatable bonds is 12. The molecule has 0 aliphatic carbocycles. The van der Waals surface area contributed by atoms with Crippen molar-refractivity contribution in [2.24, 2.45) is 5.92 Å². The second-order valence-corrected chi connectivity index (χ2v) is 9.43. The SMILES string of the molecule is CC(C)C[C@H](NC(=O)Nc1ccc([N+](=O)[O-])cc1)C(=O)N[C@@H](Cc1ccccc1)C(=O)OCc1ccccc1. The molecule has 39 heavy (non-hydrogen) atoms. The van der Waals surface area contributed by atoms with Crippen LogP contribution in [0.1, 0.15) is 31.4 Å². The number of anilines is 1. The van der Waals surface area contributed by atoms with Crippen molar-refractivity contribution in [1.29, 1.82) is 0 Å². The molecular weight excluding hydrogens is 500 g/mol. The van der Waals surface area contributed by atoms with E-state index in [1.165, 1.54) is 24.3 Å². The molecule has 0 bridgehead atoms. The number of carbonyl (C=O) groups excluding carboxylic acids is 3. The summed E-state index contributed by atoms with van der Waals surface area (Å²) in [5, 5.41) is 18.8. The Bertz CT molecular complexity index is 1250. The average molecular weight is 533 g/mol. The largest absolute Gasteiger partial charge is 0.459 e. The fourth-order valence-electron chi connectivity index (χ4n) is 3.84. The van der Waals surface area contributed by atoms with Gasteiger partial charge >= 0.3 is 12.0 Å². The van der Waals surface area contributed by atoms with Crippen LogP contribution in [0.2, 0.25) is 0 Å². The normalized spacial score (nSPS) is 12.2. The summed E-state index contributed by atoms with van der Waals surface area (Å²) in [6.07, 6.45) is 0.528. The molecule has 0 spiro atoms. The third-order valence-corrected chi connectivity index (χ3v) is 5.77. The van der Waals surface area contributed by atoms with Crippen molar-refractivity contribution in [1.82, 2.24) is 10.6 Å². The predicted octanol–water partition coefficient (Wildman–Crippen LogP) is 4.60. The van der Waals surface area contributed by atoms with E-state index in [-0.39, 0.29) is 24.6 Å². The fraction of sp³-hybridized carbons (Fsp3) is 0.276. The third kappa shape index (κ3) is 9.58. The van der Waals surface area contributed by atoms with Gasteiger partial charge in [0.2, 0.25) is 5.91 Å². The summed E-state index contributed by atoms with van der Waals surface area (Å²) in [5.74, 6) is -1.06. The highest BCUT2D eigenvalue weighted by Gasteiger charge is 2.28. The molecule has 10 heteroatoms. The average Bonchev–Trinajstić information content (AvgIpc) is 2.92. The van der Waals surface area contributed by atoms with E-state index in [1.54, 1.807) is 0 Å². The zero-order chi connectivity index (χ0) is 28.2. The lowest BCUT2D eigenvalue weighted by atomic mass is 10.0. The lowest BCUT2D eigenvalue weighted by molar-refractivity contribution is -0.384. The highest BCUT2D eigenvalue weighted by Crippen LogP contribution is 2.16. The molecule has 10 nitrogen and oxygen atoms in total. The minimum absolute atomic E-state index is 0.0537. The molecule has 0 radical (unpaired) electrons. The van der Waals surface area contributed by atoms with Gasteiger partial charge in [-0.3, -0.25) is 14.9 Å². The van der Waals surface area contributed by atoms with E-state index < -0.39 is 34.9 Å². The smallest absolute Gasteiger partial charge is 0.329 e. The molecule has 0 aliphatic heterocycles. The third-order valence-electron chi connectivity index (χ3n) is 5.77. The minimum atomic E-state index is -0.974. The summed E-state index contributed by atoms with van der Waals surface area (Å²) in [4.78, 5) is 49.4. The maximum absolute atomic E-state index is 13.3. The van der Waals surface area contributed by atoms with Gasteiger partial charge in [-0.2, -0.15) is 0 Å². The number of non-ortho nitro benzene ring substituents is 1. The summed E-state index contributed by atoms with van der Waals surface area (Å²) < 4.78 is 5.51. The molecule has 3 amide bonds. The van der Waals surface area contributed by atoms with Gasteiger partial charge in [0.15, 0.2) is 0 Å². The van der Waals surface area contributed by atoms with E-state index in [1.807, 2.05) is 74.5 Å². The zero-order valence-electron chi connectivity index (χ0n) is 21.8. The molecule has 0 unspecified atom stereocenters. The van der Waals surface area contributed by atoms with E-state index in [2.05, 4.69) is 16.0 Å². The predicted molar refractivity (Wildman–Crippen MR) is 147 cm³/mol. The van der Waals surface area contributed by atoms with Gasteiger partial charge in [0.1, 0.15) is 18.7 Å². The Morgan fingerprint density at radius 1 is 0.821 bits per heavy atom. The molecule has 2 atom stereocenters. The number of nitrogens with one attached hydrogen (secondary N) is 3. The molecule has 204 valence electrons. The summed E-state index contributed by atoms with van der Waals surface area (Å²) in [7, 11) is 0. The second-order valence-electron chi connectivity index (χ2n) is 9.43. The number of hydrogen-bond acceptors (Lipinski definition) is 6. The number of nitro benzene ring substituents is 1. The first-order chi connectivity index (χ1) is 18.7. The van der Waals surface area contributed by atoms with Gasteiger partial charge in [0, 0.05) is 24.2 Å². The Balaban J connectivity index is 1.69. The van der Waals surface area contributed by atoms with Crippen LogP contribution in [-0.4, -0.2) is 34.9 Å². The Hall–Kier alpha value is -4.73. The molecule has 3 N–H and O–H groups in total. The van der Waals surface area contributed by atoms with Crippen LogP contribution in [0.3, 0.4) is 0 Å². The minimum Gasteiger partial charge on any atom is -0.459 e. The number of nitro groups is 1. The summed E-state index contributed by atoms with van der Waals surface area (Å²) in [6, 6.07) is 21.2. The molecular formula is C29H32N4O6. The standard InChI is InChI=1S/C29H32N4O6/c1-20(2)17-25(32-29(36)30-23-13-15-24(16-14-23)33(37)38)27(34)31-26(18-21-9-5-3-6-10-21)28(35)39-19-22-11-7-4-8-12-22/h3-16,20,25-26H,17-19H2,1-2H3,(H,31,34)(H2,30,32,36)/t25-,26-/m0/s1. The van der Waals surface area contributed by atoms with Crippen LogP contribution in [0.5, 0.6) is 0 Å². The van der Waals surface area contributed by atoms with Crippen molar-refractivity contribution < 1.29 is 24.0 Å². The highest BCUT2D eigenvalue weighted by atomic mass is 16.6. The van der Waals surface area contributed by atoms with Crippen LogP contribution in [0, 0.1) is 16.0 Å². The van der Waals surface area contributed by atoms with E-state index in [4.69, 9.17) is 4.74 Å². The quantitative estimate of drug-likeness (QED) is 0.177. The van der Waals surface area contributed by atoms with Gasteiger partial charge in [0.25, 0.3) is 5.69 Å². The van der Waals surface area contributed by atoms with Crippen LogP contribution in [0.4, 0.5) is 16.2 Å². The number of ether oxygens (including phenoxy) is 1. The van der Waals surface area contributed by atoms with Crippen molar-refractivity contribution in [3.05, 3.63) is 106 Å². The number of esters is 1. The topological polar surface area (TPSA) is 140 Å². The van der Waals surface area contributed by atoms with E-state index in [0.29, 0.717) is 12.1 Å². The van der Waals surface area contributed by atoms with Crippen molar-refractivity contribution >= 4 is 29.3 Å². The molecule has 0 aromatic heterocycles. The Morgan fingerprint density at radius 2 is 1.41 bits per heavy atom. The van der Waals surface area contributed by atoms with Crippen LogP contribution in [0.15, 0.2) is 84.9 Å². The van der Waals surface area contributed by atoms with Gasteiger partial charge in [0.05, 0.1) is 4.92 Å². The summed E-state index contributed by atoms with van der Waals surface area (Å²) in [6.45, 7) is 3.88. The number of benzene rings is 3. The maximum atomic E-state index is 13.3. The first kappa shape index (κ1) is 28.8. The van der Waals surface area contributed by atoms with Crippen molar-refractivity contribution in [2.45, 2.75) is 45.4 Å². The monoisotopic (exact) mass is 532 g/mol. The summed E-state index contributed by atoms with van der Waals surface area (Å²) in [5.41, 5.74) is 1.87. The Kier molecular flexibility index (Phi) is 10.6. The van der Waals surface area contributed by atoms with E-state index in [0.717, 1.165) is 11.1 Å². The van der Waals surface area contributed by atoms with E-state index >= 15 is 0 Å². The lowest BCUT2D eigenvalue weighted by Gasteiger charge is -2.24. The number of urea groups is 1. The molecule has 0 saturated heterocycles. The molecule has 0 aliphatic rings. The number of carbonyl (C=O) groups is 3. The van der Waals surface area contributed by atoms with Crippen LogP contribution >= 0.6 is 0 Å². The number of amides is 3. The number of hydrogen-bond donors (Lipinski definition) is 3. The Labute approximate surface area is 226 Å². The van der Waals surface area contributed by atoms with Crippen molar-refractivity contribution in [2.75, 3.05) is 5.32 Å². The van der Waals surface area contributed by atoms with Gasteiger partial charge in [-0.05, 0) is 35.6 Å². The fourth-order valence-corrected chi connectivity index (χ4v) is 3.84. The van der Waals surface area contributed by atoms with Crippen LogP contribution in [-0.2, 0) is 27.4 Å². The zero-order valence-corrected chi connectivity index (χ0v) is 21.8. The van der Waals surface area contributed by atoms with Gasteiger partial charge in [-0.25, -0.2) is 9.59 Å². The first-order valence-corrected chi connectivity index (χ1v) is 12.6. The van der Waals surface area contributed by atoms with Crippen LogP contribution in [0.25, 0.3) is 0 Å². The maximum Gasteiger partial charge on any atom is 0.329 e. The molecule has 3 aromatic carbocycles. The molecule has 0 fully saturated rings. The molecule has 0 saturated carbocycles. The first-order valence-electron chi connectivity index (χ1n) is 12.6. The lowest BCUT2D eigenvalue weighted by Crippen LogP contribution is -2.53. The highest BCUT2D eigenvalue weighted by molar-refractivity contribution is 5.95. The Morgan fingerprint density at radius 3 is 1.97 bits per heavy atom.